The van der Waals surface area contributed by atoms with E-state index in [-0.39, 0.29) is 0 Å². The van der Waals surface area contributed by atoms with Crippen molar-refractivity contribution < 1.29 is 0 Å². The Labute approximate surface area is 48.5 Å². The van der Waals surface area contributed by atoms with Gasteiger partial charge in [-0.3, -0.25) is 0 Å². The Morgan fingerprint density at radius 2 is 2.75 bits per heavy atom. The molecule has 2 heterocycles. The van der Waals surface area contributed by atoms with Crippen molar-refractivity contribution in [2.75, 3.05) is 13.2 Å². The highest BCUT2D eigenvalue weighted by Crippen LogP contribution is 2.13. The van der Waals surface area contributed by atoms with Crippen molar-refractivity contribution in [1.82, 2.24) is 10.2 Å². The van der Waals surface area contributed by atoms with Crippen molar-refractivity contribution in [3.05, 3.63) is 24.0 Å². The van der Waals surface area contributed by atoms with Gasteiger partial charge in [0.05, 0.1) is 12.4 Å². The van der Waals surface area contributed by atoms with E-state index < -0.39 is 0 Å². The van der Waals surface area contributed by atoms with Gasteiger partial charge in [0.1, 0.15) is 0 Å². The summed E-state index contributed by atoms with van der Waals surface area (Å²) < 4.78 is 0. The molecule has 0 fully saturated rings. The largest absolute Gasteiger partial charge is 0.372 e. The van der Waals surface area contributed by atoms with Crippen LogP contribution in [0.3, 0.4) is 0 Å². The average Bonchev–Trinajstić information content (AvgIpc) is 2.15. The monoisotopic (exact) mass is 107 g/mol. The van der Waals surface area contributed by atoms with Crippen LogP contribution in [0.4, 0.5) is 0 Å². The van der Waals surface area contributed by atoms with Crippen LogP contribution < -0.4 is 5.32 Å². The van der Waals surface area contributed by atoms with Crippen LogP contribution in [0.2, 0.25) is 0 Å². The molecule has 0 saturated heterocycles. The lowest BCUT2D eigenvalue weighted by Crippen LogP contribution is -2.20. The van der Waals surface area contributed by atoms with Gasteiger partial charge in [0.15, 0.2) is 0 Å². The predicted octanol–water partition coefficient (Wildman–Crippen LogP) is 0.0635. The van der Waals surface area contributed by atoms with Gasteiger partial charge in [0.2, 0.25) is 0 Å². The Bertz CT molecular complexity index is 158. The summed E-state index contributed by atoms with van der Waals surface area (Å²) in [6.45, 7) is 1.91. The summed E-state index contributed by atoms with van der Waals surface area (Å²) in [5.41, 5.74) is 1.27. The molecule has 2 aliphatic heterocycles. The van der Waals surface area contributed by atoms with E-state index in [1.165, 1.54) is 5.70 Å². The molecule has 2 aliphatic rings. The number of allylic oxidation sites excluding steroid dienone is 1. The van der Waals surface area contributed by atoms with Crippen LogP contribution in [0.1, 0.15) is 0 Å². The smallest absolute Gasteiger partial charge is 0.0876 e. The second-order valence-corrected chi connectivity index (χ2v) is 1.98. The molecule has 41 valence electrons. The maximum Gasteiger partial charge on any atom is 0.0876 e. The van der Waals surface area contributed by atoms with Crippen LogP contribution in [-0.2, 0) is 0 Å². The Kier molecular flexibility index (Phi) is 0.640. The van der Waals surface area contributed by atoms with Gasteiger partial charge in [0.25, 0.3) is 0 Å². The highest BCUT2D eigenvalue weighted by atomic mass is 15.3. The fourth-order valence-electron chi connectivity index (χ4n) is 0.984. The SMILES string of the molecule is [C]1=CC2=CNCN2C1. The normalized spacial score (nSPS) is 23.0. The van der Waals surface area contributed by atoms with Crippen LogP contribution in [0, 0.1) is 6.08 Å². The summed E-state index contributed by atoms with van der Waals surface area (Å²) in [6, 6.07) is 0. The number of hydrogen-bond donors (Lipinski definition) is 1. The third-order valence-corrected chi connectivity index (χ3v) is 1.43. The Morgan fingerprint density at radius 1 is 1.75 bits per heavy atom. The number of fused-ring (bicyclic) bond motifs is 1. The van der Waals surface area contributed by atoms with Crippen molar-refractivity contribution in [2.24, 2.45) is 0 Å². The molecule has 1 N–H and O–H groups in total. The molecule has 8 heavy (non-hydrogen) atoms. The van der Waals surface area contributed by atoms with Crippen LogP contribution in [0.5, 0.6) is 0 Å². The number of rotatable bonds is 0. The maximum atomic E-state index is 3.12. The van der Waals surface area contributed by atoms with Gasteiger partial charge in [-0.25, -0.2) is 0 Å². The molecule has 0 aliphatic carbocycles. The second-order valence-electron chi connectivity index (χ2n) is 1.98. The molecule has 0 saturated carbocycles. The molecule has 0 aromatic carbocycles. The Hall–Kier alpha value is -0.920. The topological polar surface area (TPSA) is 15.3 Å². The lowest BCUT2D eigenvalue weighted by atomic mass is 10.5. The zero-order valence-corrected chi connectivity index (χ0v) is 4.52. The highest BCUT2D eigenvalue weighted by molar-refractivity contribution is 5.23. The fourth-order valence-corrected chi connectivity index (χ4v) is 0.984. The van der Waals surface area contributed by atoms with Gasteiger partial charge < -0.3 is 10.2 Å². The molecule has 2 rings (SSSR count). The first-order chi connectivity index (χ1) is 3.97. The van der Waals surface area contributed by atoms with Crippen LogP contribution >= 0.6 is 0 Å². The third kappa shape index (κ3) is 0.372. The summed E-state index contributed by atoms with van der Waals surface area (Å²) in [6.07, 6.45) is 7.14. The summed E-state index contributed by atoms with van der Waals surface area (Å²) in [7, 11) is 0. The maximum absolute atomic E-state index is 3.12. The fraction of sp³-hybridized carbons (Fsp3) is 0.333. The second kappa shape index (κ2) is 1.28. The molecule has 2 heteroatoms. The minimum Gasteiger partial charge on any atom is -0.372 e. The zero-order valence-electron chi connectivity index (χ0n) is 4.52. The molecule has 1 radical (unpaired) electrons. The molecule has 0 atom stereocenters. The van der Waals surface area contributed by atoms with Gasteiger partial charge in [0, 0.05) is 12.7 Å². The van der Waals surface area contributed by atoms with Crippen LogP contribution in [0.15, 0.2) is 18.0 Å². The minimum atomic E-state index is 0.957. The number of nitrogens with zero attached hydrogens (tertiary/aromatic N) is 1. The van der Waals surface area contributed by atoms with E-state index >= 15 is 0 Å². The van der Waals surface area contributed by atoms with Crippen LogP contribution in [0.25, 0.3) is 0 Å². The molecular weight excluding hydrogens is 100 g/mol. The molecule has 0 spiro atoms. The Morgan fingerprint density at radius 3 is 3.62 bits per heavy atom. The van der Waals surface area contributed by atoms with Crippen molar-refractivity contribution in [3.63, 3.8) is 0 Å². The third-order valence-electron chi connectivity index (χ3n) is 1.43. The minimum absolute atomic E-state index is 0.957. The first-order valence-electron chi connectivity index (χ1n) is 2.72. The van der Waals surface area contributed by atoms with E-state index in [2.05, 4.69) is 16.3 Å². The molecule has 0 aromatic rings. The van der Waals surface area contributed by atoms with Gasteiger partial charge in [-0.05, 0) is 12.2 Å². The Balaban J connectivity index is 2.31. The summed E-state index contributed by atoms with van der Waals surface area (Å²) in [5.74, 6) is 0. The van der Waals surface area contributed by atoms with Crippen molar-refractivity contribution in [3.8, 4) is 0 Å². The van der Waals surface area contributed by atoms with Crippen molar-refractivity contribution >= 4 is 0 Å². The van der Waals surface area contributed by atoms with E-state index in [0.29, 0.717) is 0 Å². The molecule has 0 aromatic heterocycles. The van der Waals surface area contributed by atoms with E-state index in [9.17, 15) is 0 Å². The first-order valence-corrected chi connectivity index (χ1v) is 2.72. The van der Waals surface area contributed by atoms with Crippen molar-refractivity contribution in [1.29, 1.82) is 0 Å². The van der Waals surface area contributed by atoms with Gasteiger partial charge in [-0.2, -0.15) is 0 Å². The summed E-state index contributed by atoms with van der Waals surface area (Å²) in [4.78, 5) is 2.22. The summed E-state index contributed by atoms with van der Waals surface area (Å²) in [5, 5.41) is 3.12. The molecule has 2 nitrogen and oxygen atoms in total. The standard InChI is InChI=1S/C6H7N2/c1-2-6-4-7-5-8(6)3-1/h2,4,7H,3,5H2. The predicted molar refractivity (Wildman–Crippen MR) is 30.6 cm³/mol. The van der Waals surface area contributed by atoms with E-state index in [0.717, 1.165) is 13.2 Å². The molecular formula is C6H7N2. The van der Waals surface area contributed by atoms with Crippen LogP contribution in [-0.4, -0.2) is 18.1 Å². The van der Waals surface area contributed by atoms with E-state index in [1.54, 1.807) is 0 Å². The zero-order chi connectivity index (χ0) is 5.40. The summed E-state index contributed by atoms with van der Waals surface area (Å²) >= 11 is 0. The lowest BCUT2D eigenvalue weighted by Gasteiger charge is -2.09. The highest BCUT2D eigenvalue weighted by Gasteiger charge is 2.14. The molecule has 0 unspecified atom stereocenters. The molecule has 0 bridgehead atoms. The first kappa shape index (κ1) is 4.01. The van der Waals surface area contributed by atoms with E-state index in [4.69, 9.17) is 0 Å². The molecule has 0 amide bonds. The van der Waals surface area contributed by atoms with Gasteiger partial charge in [-0.1, -0.05) is 0 Å². The van der Waals surface area contributed by atoms with E-state index in [1.807, 2.05) is 12.3 Å². The quantitative estimate of drug-likeness (QED) is 0.471. The number of hydrogen-bond acceptors (Lipinski definition) is 2. The number of nitrogens with one attached hydrogen (secondary N) is 1. The lowest BCUT2D eigenvalue weighted by molar-refractivity contribution is 0.424. The van der Waals surface area contributed by atoms with Crippen molar-refractivity contribution in [2.45, 2.75) is 0 Å². The van der Waals surface area contributed by atoms with Gasteiger partial charge >= 0.3 is 0 Å². The average molecular weight is 107 g/mol. The van der Waals surface area contributed by atoms with Gasteiger partial charge in [-0.15, -0.1) is 0 Å².